The molecule has 1 N–H and O–H groups in total. The van der Waals surface area contributed by atoms with Gasteiger partial charge in [-0.15, -0.1) is 0 Å². The van der Waals surface area contributed by atoms with Crippen molar-refractivity contribution in [3.8, 4) is 0 Å². The number of carbonyl (C=O) groups excluding carboxylic acids is 1. The number of amides is 1. The van der Waals surface area contributed by atoms with Gasteiger partial charge in [0.1, 0.15) is 5.82 Å². The lowest BCUT2D eigenvalue weighted by molar-refractivity contribution is 0.0694. The Morgan fingerprint density at radius 1 is 1.41 bits per heavy atom. The molecule has 92 valence electrons. The normalized spacial score (nSPS) is 16.8. The molecule has 0 aliphatic carbocycles. The summed E-state index contributed by atoms with van der Waals surface area (Å²) in [7, 11) is 0. The monoisotopic (exact) mass is 237 g/mol. The molecule has 1 aliphatic rings. The van der Waals surface area contributed by atoms with Crippen LogP contribution in [0.5, 0.6) is 0 Å². The van der Waals surface area contributed by atoms with E-state index >= 15 is 0 Å². The topological polar surface area (TPSA) is 38.3 Å². The van der Waals surface area contributed by atoms with Crippen molar-refractivity contribution in [2.75, 3.05) is 13.2 Å². The number of hydrogen-bond acceptors (Lipinski definition) is 2. The minimum atomic E-state index is -0.463. The summed E-state index contributed by atoms with van der Waals surface area (Å²) in [6, 6.07) is 4.73. The molecule has 0 atom stereocenters. The average Bonchev–Trinajstić information content (AvgIpc) is 2.30. The van der Waals surface area contributed by atoms with Gasteiger partial charge in [-0.05, 0) is 37.5 Å². The highest BCUT2D eigenvalue weighted by Gasteiger charge is 2.18. The second kappa shape index (κ2) is 5.27. The summed E-state index contributed by atoms with van der Waals surface area (Å²) in [5.41, 5.74) is 0.923. The van der Waals surface area contributed by atoms with Gasteiger partial charge in [0.05, 0.1) is 5.56 Å². The molecule has 0 aromatic heterocycles. The molecule has 0 spiro atoms. The lowest BCUT2D eigenvalue weighted by Gasteiger charge is -2.23. The first kappa shape index (κ1) is 12.0. The minimum absolute atomic E-state index is 0.0944. The van der Waals surface area contributed by atoms with Crippen LogP contribution in [0.2, 0.25) is 0 Å². The molecule has 1 saturated heterocycles. The van der Waals surface area contributed by atoms with Crippen molar-refractivity contribution in [1.29, 1.82) is 0 Å². The van der Waals surface area contributed by atoms with E-state index in [1.54, 1.807) is 13.0 Å². The molecule has 1 aromatic rings. The summed E-state index contributed by atoms with van der Waals surface area (Å²) < 4.78 is 18.8. The van der Waals surface area contributed by atoms with Gasteiger partial charge in [0.25, 0.3) is 5.91 Å². The molecule has 1 amide bonds. The van der Waals surface area contributed by atoms with Crippen molar-refractivity contribution in [1.82, 2.24) is 5.32 Å². The lowest BCUT2D eigenvalue weighted by Crippen LogP contribution is -2.39. The highest BCUT2D eigenvalue weighted by Crippen LogP contribution is 2.12. The Bertz CT molecular complexity index is 414. The highest BCUT2D eigenvalue weighted by atomic mass is 19.1. The predicted molar refractivity (Wildman–Crippen MR) is 62.4 cm³/mol. The van der Waals surface area contributed by atoms with Crippen molar-refractivity contribution < 1.29 is 13.9 Å². The number of hydrogen-bond donors (Lipinski definition) is 1. The van der Waals surface area contributed by atoms with Crippen LogP contribution in [0.3, 0.4) is 0 Å². The summed E-state index contributed by atoms with van der Waals surface area (Å²) in [6.45, 7) is 3.10. The first-order chi connectivity index (χ1) is 8.16. The van der Waals surface area contributed by atoms with E-state index in [1.165, 1.54) is 12.1 Å². The number of nitrogens with one attached hydrogen (secondary N) is 1. The summed E-state index contributed by atoms with van der Waals surface area (Å²) >= 11 is 0. The third-order valence-corrected chi connectivity index (χ3v) is 2.93. The van der Waals surface area contributed by atoms with Crippen molar-refractivity contribution in [3.05, 3.63) is 35.1 Å². The Balaban J connectivity index is 2.03. The van der Waals surface area contributed by atoms with Gasteiger partial charge in [-0.1, -0.05) is 6.07 Å². The van der Waals surface area contributed by atoms with Crippen molar-refractivity contribution in [2.45, 2.75) is 25.8 Å². The maximum atomic E-state index is 13.6. The van der Waals surface area contributed by atoms with Crippen molar-refractivity contribution >= 4 is 5.91 Å². The zero-order valence-corrected chi connectivity index (χ0v) is 9.83. The SMILES string of the molecule is Cc1ccc(C(=O)NC2CCOCC2)c(F)c1. The van der Waals surface area contributed by atoms with Gasteiger partial charge in [-0.25, -0.2) is 4.39 Å². The summed E-state index contributed by atoms with van der Waals surface area (Å²) in [5.74, 6) is -0.802. The van der Waals surface area contributed by atoms with Crippen LogP contribution in [0.4, 0.5) is 4.39 Å². The van der Waals surface area contributed by atoms with Gasteiger partial charge in [-0.2, -0.15) is 0 Å². The van der Waals surface area contributed by atoms with Crippen LogP contribution in [0.15, 0.2) is 18.2 Å². The van der Waals surface area contributed by atoms with Crippen LogP contribution < -0.4 is 5.32 Å². The van der Waals surface area contributed by atoms with Crippen LogP contribution in [-0.2, 0) is 4.74 Å². The summed E-state index contributed by atoms with van der Waals surface area (Å²) in [6.07, 6.45) is 1.58. The Morgan fingerprint density at radius 3 is 2.76 bits per heavy atom. The van der Waals surface area contributed by atoms with E-state index in [2.05, 4.69) is 5.32 Å². The minimum Gasteiger partial charge on any atom is -0.381 e. The van der Waals surface area contributed by atoms with Crippen LogP contribution in [0.1, 0.15) is 28.8 Å². The molecule has 0 unspecified atom stereocenters. The van der Waals surface area contributed by atoms with Crippen LogP contribution in [0, 0.1) is 12.7 Å². The third kappa shape index (κ3) is 3.03. The number of aryl methyl sites for hydroxylation is 1. The zero-order valence-electron chi connectivity index (χ0n) is 9.83. The maximum Gasteiger partial charge on any atom is 0.254 e. The lowest BCUT2D eigenvalue weighted by atomic mass is 10.1. The number of carbonyl (C=O) groups is 1. The van der Waals surface area contributed by atoms with Gasteiger partial charge in [-0.3, -0.25) is 4.79 Å². The largest absolute Gasteiger partial charge is 0.381 e. The molecule has 1 fully saturated rings. The smallest absolute Gasteiger partial charge is 0.254 e. The predicted octanol–water partition coefficient (Wildman–Crippen LogP) is 2.04. The van der Waals surface area contributed by atoms with Crippen molar-refractivity contribution in [3.63, 3.8) is 0 Å². The molecule has 4 heteroatoms. The van der Waals surface area contributed by atoms with E-state index in [1.807, 2.05) is 0 Å². The van der Waals surface area contributed by atoms with Gasteiger partial charge in [0.15, 0.2) is 0 Å². The Kier molecular flexibility index (Phi) is 3.74. The van der Waals surface area contributed by atoms with Crippen LogP contribution in [0.25, 0.3) is 0 Å². The number of benzene rings is 1. The van der Waals surface area contributed by atoms with E-state index in [9.17, 15) is 9.18 Å². The fourth-order valence-corrected chi connectivity index (χ4v) is 1.91. The summed E-state index contributed by atoms with van der Waals surface area (Å²) in [5, 5.41) is 2.84. The Labute approximate surface area is 100.0 Å². The van der Waals surface area contributed by atoms with Gasteiger partial charge in [0.2, 0.25) is 0 Å². The molecule has 1 aliphatic heterocycles. The van der Waals surface area contributed by atoms with E-state index in [-0.39, 0.29) is 17.5 Å². The molecule has 0 radical (unpaired) electrons. The second-order valence-corrected chi connectivity index (χ2v) is 4.34. The molecular formula is C13H16FNO2. The van der Waals surface area contributed by atoms with Gasteiger partial charge >= 0.3 is 0 Å². The standard InChI is InChI=1S/C13H16FNO2/c1-9-2-3-11(12(14)8-9)13(16)15-10-4-6-17-7-5-10/h2-3,8,10H,4-7H2,1H3,(H,15,16). The zero-order chi connectivity index (χ0) is 12.3. The van der Waals surface area contributed by atoms with Crippen LogP contribution in [-0.4, -0.2) is 25.2 Å². The van der Waals surface area contributed by atoms with E-state index < -0.39 is 5.82 Å². The fraction of sp³-hybridized carbons (Fsp3) is 0.462. The molecule has 0 bridgehead atoms. The molecule has 0 saturated carbocycles. The highest BCUT2D eigenvalue weighted by molar-refractivity contribution is 5.94. The molecule has 17 heavy (non-hydrogen) atoms. The second-order valence-electron chi connectivity index (χ2n) is 4.34. The first-order valence-electron chi connectivity index (χ1n) is 5.81. The first-order valence-corrected chi connectivity index (χ1v) is 5.81. The van der Waals surface area contributed by atoms with E-state index in [0.29, 0.717) is 13.2 Å². The molecule has 3 nitrogen and oxygen atoms in total. The quantitative estimate of drug-likeness (QED) is 0.854. The molecule has 1 heterocycles. The molecular weight excluding hydrogens is 221 g/mol. The fourth-order valence-electron chi connectivity index (χ4n) is 1.91. The van der Waals surface area contributed by atoms with Gasteiger partial charge < -0.3 is 10.1 Å². The molecule has 2 rings (SSSR count). The van der Waals surface area contributed by atoms with E-state index in [0.717, 1.165) is 18.4 Å². The van der Waals surface area contributed by atoms with Gasteiger partial charge in [0, 0.05) is 19.3 Å². The number of halogens is 1. The van der Waals surface area contributed by atoms with E-state index in [4.69, 9.17) is 4.74 Å². The average molecular weight is 237 g/mol. The third-order valence-electron chi connectivity index (χ3n) is 2.93. The maximum absolute atomic E-state index is 13.6. The number of rotatable bonds is 2. The number of ether oxygens (including phenoxy) is 1. The van der Waals surface area contributed by atoms with Crippen molar-refractivity contribution in [2.24, 2.45) is 0 Å². The Hall–Kier alpha value is -1.42. The summed E-state index contributed by atoms with van der Waals surface area (Å²) in [4.78, 5) is 11.9. The van der Waals surface area contributed by atoms with Crippen LogP contribution >= 0.6 is 0 Å². The molecule has 1 aromatic carbocycles. The Morgan fingerprint density at radius 2 is 2.12 bits per heavy atom.